The minimum absolute atomic E-state index is 0.0371. The summed E-state index contributed by atoms with van der Waals surface area (Å²) in [5.74, 6) is 0.576. The number of aryl methyl sites for hydroxylation is 1. The number of carbonyl (C=O) groups is 1. The minimum atomic E-state index is -0.518. The summed E-state index contributed by atoms with van der Waals surface area (Å²) in [6.45, 7) is 2.44. The van der Waals surface area contributed by atoms with Crippen molar-refractivity contribution in [1.82, 2.24) is 4.98 Å². The number of ether oxygens (including phenoxy) is 2. The van der Waals surface area contributed by atoms with Crippen LogP contribution in [0.2, 0.25) is 0 Å². The molecule has 0 aliphatic heterocycles. The van der Waals surface area contributed by atoms with Gasteiger partial charge in [-0.2, -0.15) is 5.26 Å². The quantitative estimate of drug-likeness (QED) is 0.284. The van der Waals surface area contributed by atoms with Crippen LogP contribution >= 0.6 is 11.3 Å². The van der Waals surface area contributed by atoms with Crippen molar-refractivity contribution in [3.8, 4) is 17.6 Å². The fraction of sp³-hybridized carbons (Fsp3) is 0.115. The van der Waals surface area contributed by atoms with Crippen LogP contribution < -0.4 is 14.8 Å². The van der Waals surface area contributed by atoms with Crippen LogP contribution in [0, 0.1) is 18.3 Å². The standard InChI is InChI=1S/C26H21N3O3S/c1-17-7-3-4-8-19(17)16-32-22-12-11-18(14-23(22)31-2)13-20(15-27)25(30)29-26-28-21-9-5-6-10-24(21)33-26/h3-14H,16H2,1-2H3,(H,28,29,30)/b20-13+. The molecule has 4 aromatic rings. The first-order chi connectivity index (χ1) is 16.1. The zero-order valence-corrected chi connectivity index (χ0v) is 19.0. The van der Waals surface area contributed by atoms with E-state index in [1.54, 1.807) is 25.3 Å². The van der Waals surface area contributed by atoms with Crippen LogP contribution in [0.25, 0.3) is 16.3 Å². The third kappa shape index (κ3) is 5.20. The topological polar surface area (TPSA) is 84.2 Å². The molecule has 0 atom stereocenters. The molecular formula is C26H21N3O3S. The molecule has 0 bridgehead atoms. The summed E-state index contributed by atoms with van der Waals surface area (Å²) in [6.07, 6.45) is 1.51. The lowest BCUT2D eigenvalue weighted by Crippen LogP contribution is -2.13. The Morgan fingerprint density at radius 3 is 2.67 bits per heavy atom. The third-order valence-electron chi connectivity index (χ3n) is 5.02. The highest BCUT2D eigenvalue weighted by atomic mass is 32.1. The van der Waals surface area contributed by atoms with Crippen molar-refractivity contribution < 1.29 is 14.3 Å². The molecule has 1 aromatic heterocycles. The highest BCUT2D eigenvalue weighted by Crippen LogP contribution is 2.30. The van der Waals surface area contributed by atoms with Crippen molar-refractivity contribution in [3.63, 3.8) is 0 Å². The van der Waals surface area contributed by atoms with Crippen LogP contribution in [0.15, 0.2) is 72.3 Å². The van der Waals surface area contributed by atoms with Crippen molar-refractivity contribution in [2.24, 2.45) is 0 Å². The number of nitrogens with zero attached hydrogens (tertiary/aromatic N) is 2. The predicted octanol–water partition coefficient (Wildman–Crippen LogP) is 5.74. The number of para-hydroxylation sites is 1. The lowest BCUT2D eigenvalue weighted by atomic mass is 10.1. The van der Waals surface area contributed by atoms with Crippen molar-refractivity contribution in [1.29, 1.82) is 5.26 Å². The maximum atomic E-state index is 12.6. The number of hydrogen-bond donors (Lipinski definition) is 1. The molecule has 33 heavy (non-hydrogen) atoms. The SMILES string of the molecule is COc1cc(/C=C(\C#N)C(=O)Nc2nc3ccccc3s2)ccc1OCc1ccccc1C. The summed E-state index contributed by atoms with van der Waals surface area (Å²) in [5.41, 5.74) is 3.64. The number of amides is 1. The average molecular weight is 456 g/mol. The fourth-order valence-corrected chi connectivity index (χ4v) is 4.09. The number of carbonyl (C=O) groups excluding carboxylic acids is 1. The lowest BCUT2D eigenvalue weighted by molar-refractivity contribution is -0.112. The largest absolute Gasteiger partial charge is 0.493 e. The molecule has 0 spiro atoms. The average Bonchev–Trinajstić information content (AvgIpc) is 3.24. The number of anilines is 1. The molecular weight excluding hydrogens is 434 g/mol. The van der Waals surface area contributed by atoms with Crippen LogP contribution in [0.5, 0.6) is 11.5 Å². The van der Waals surface area contributed by atoms with Gasteiger partial charge in [-0.3, -0.25) is 10.1 Å². The summed E-state index contributed by atoms with van der Waals surface area (Å²) in [5, 5.41) is 12.7. The van der Waals surface area contributed by atoms with E-state index in [9.17, 15) is 10.1 Å². The Morgan fingerprint density at radius 1 is 1.12 bits per heavy atom. The second kappa shape index (κ2) is 9.98. The first kappa shape index (κ1) is 22.1. The summed E-state index contributed by atoms with van der Waals surface area (Å²) < 4.78 is 12.4. The highest BCUT2D eigenvalue weighted by Gasteiger charge is 2.14. The Labute approximate surface area is 195 Å². The highest BCUT2D eigenvalue weighted by molar-refractivity contribution is 7.22. The summed E-state index contributed by atoms with van der Waals surface area (Å²) in [6, 6.07) is 22.8. The molecule has 1 heterocycles. The van der Waals surface area contributed by atoms with Crippen molar-refractivity contribution in [2.45, 2.75) is 13.5 Å². The number of nitriles is 1. The number of thiazole rings is 1. The van der Waals surface area contributed by atoms with Crippen molar-refractivity contribution >= 4 is 38.7 Å². The molecule has 164 valence electrons. The first-order valence-electron chi connectivity index (χ1n) is 10.2. The Balaban J connectivity index is 1.50. The van der Waals surface area contributed by atoms with Crippen molar-refractivity contribution in [2.75, 3.05) is 12.4 Å². The van der Waals surface area contributed by atoms with E-state index in [0.717, 1.165) is 21.3 Å². The zero-order valence-electron chi connectivity index (χ0n) is 18.2. The number of methoxy groups -OCH3 is 1. The van der Waals surface area contributed by atoms with Gasteiger partial charge in [-0.05, 0) is 54.0 Å². The molecule has 0 unspecified atom stereocenters. The summed E-state index contributed by atoms with van der Waals surface area (Å²) >= 11 is 1.36. The maximum Gasteiger partial charge on any atom is 0.268 e. The van der Waals surface area contributed by atoms with Gasteiger partial charge in [-0.25, -0.2) is 4.98 Å². The van der Waals surface area contributed by atoms with Gasteiger partial charge in [0.2, 0.25) is 0 Å². The van der Waals surface area contributed by atoms with Crippen LogP contribution in [0.3, 0.4) is 0 Å². The summed E-state index contributed by atoms with van der Waals surface area (Å²) in [4.78, 5) is 17.0. The third-order valence-corrected chi connectivity index (χ3v) is 5.97. The molecule has 1 N–H and O–H groups in total. The molecule has 0 saturated carbocycles. The summed E-state index contributed by atoms with van der Waals surface area (Å²) in [7, 11) is 1.55. The number of fused-ring (bicyclic) bond motifs is 1. The van der Waals surface area contributed by atoms with Crippen LogP contribution in [-0.2, 0) is 11.4 Å². The van der Waals surface area contributed by atoms with E-state index in [1.807, 2.05) is 61.5 Å². The maximum absolute atomic E-state index is 12.6. The molecule has 0 fully saturated rings. The Hall–Kier alpha value is -4.15. The van der Waals surface area contributed by atoms with Gasteiger partial charge in [0, 0.05) is 0 Å². The molecule has 0 aliphatic rings. The van der Waals surface area contributed by atoms with Gasteiger partial charge >= 0.3 is 0 Å². The molecule has 1 amide bonds. The Kier molecular flexibility index (Phi) is 6.67. The normalized spacial score (nSPS) is 11.1. The molecule has 0 aliphatic carbocycles. The van der Waals surface area contributed by atoms with Crippen molar-refractivity contribution in [3.05, 3.63) is 89.0 Å². The van der Waals surface area contributed by atoms with Crippen LogP contribution in [-0.4, -0.2) is 18.0 Å². The van der Waals surface area contributed by atoms with Gasteiger partial charge < -0.3 is 9.47 Å². The van der Waals surface area contributed by atoms with E-state index in [0.29, 0.717) is 28.8 Å². The first-order valence-corrected chi connectivity index (χ1v) is 11.0. The number of nitrogens with one attached hydrogen (secondary N) is 1. The molecule has 0 radical (unpaired) electrons. The van der Waals surface area contributed by atoms with Crippen LogP contribution in [0.4, 0.5) is 5.13 Å². The fourth-order valence-electron chi connectivity index (χ4n) is 3.23. The van der Waals surface area contributed by atoms with E-state index in [-0.39, 0.29) is 5.57 Å². The van der Waals surface area contributed by atoms with Gasteiger partial charge in [0.15, 0.2) is 16.6 Å². The number of rotatable bonds is 7. The molecule has 0 saturated heterocycles. The molecule has 6 nitrogen and oxygen atoms in total. The van der Waals surface area contributed by atoms with E-state index >= 15 is 0 Å². The van der Waals surface area contributed by atoms with Gasteiger partial charge in [0.1, 0.15) is 18.2 Å². The molecule has 4 rings (SSSR count). The monoisotopic (exact) mass is 455 g/mol. The van der Waals surface area contributed by atoms with E-state index in [2.05, 4.69) is 10.3 Å². The predicted molar refractivity (Wildman–Crippen MR) is 130 cm³/mol. The van der Waals surface area contributed by atoms with Gasteiger partial charge in [0.25, 0.3) is 5.91 Å². The van der Waals surface area contributed by atoms with E-state index in [1.165, 1.54) is 17.4 Å². The van der Waals surface area contributed by atoms with Gasteiger partial charge in [0.05, 0.1) is 17.3 Å². The Bertz CT molecular complexity index is 1350. The number of benzene rings is 3. The molecule has 3 aromatic carbocycles. The second-order valence-electron chi connectivity index (χ2n) is 7.24. The van der Waals surface area contributed by atoms with Gasteiger partial charge in [-0.15, -0.1) is 0 Å². The number of hydrogen-bond acceptors (Lipinski definition) is 6. The van der Waals surface area contributed by atoms with Crippen LogP contribution in [0.1, 0.15) is 16.7 Å². The Morgan fingerprint density at radius 2 is 1.91 bits per heavy atom. The minimum Gasteiger partial charge on any atom is -0.493 e. The lowest BCUT2D eigenvalue weighted by Gasteiger charge is -2.12. The van der Waals surface area contributed by atoms with E-state index in [4.69, 9.17) is 9.47 Å². The van der Waals surface area contributed by atoms with E-state index < -0.39 is 5.91 Å². The second-order valence-corrected chi connectivity index (χ2v) is 8.27. The van der Waals surface area contributed by atoms with Gasteiger partial charge in [-0.1, -0.05) is 53.8 Å². The molecule has 7 heteroatoms. The number of aromatic nitrogens is 1. The smallest absolute Gasteiger partial charge is 0.268 e. The zero-order chi connectivity index (χ0) is 23.2.